The van der Waals surface area contributed by atoms with Gasteiger partial charge in [-0.2, -0.15) is 0 Å². The molecule has 3 nitrogen and oxygen atoms in total. The molecule has 2 fully saturated rings. The Morgan fingerprint density at radius 2 is 1.96 bits per heavy atom. The first-order chi connectivity index (χ1) is 11.5. The van der Waals surface area contributed by atoms with Crippen molar-refractivity contribution in [2.45, 2.75) is 64.1 Å². The predicted molar refractivity (Wildman–Crippen MR) is 96.6 cm³/mol. The smallest absolute Gasteiger partial charge is 0.226 e. The predicted octanol–water partition coefficient (Wildman–Crippen LogP) is 4.05. The van der Waals surface area contributed by atoms with Crippen LogP contribution in [-0.2, 0) is 11.3 Å². The normalized spacial score (nSPS) is 24.0. The second-order valence-corrected chi connectivity index (χ2v) is 7.22. The third-order valence-electron chi connectivity index (χ3n) is 5.37. The zero-order valence-electron chi connectivity index (χ0n) is 14.6. The van der Waals surface area contributed by atoms with E-state index in [-0.39, 0.29) is 42.4 Å². The molecular weight excluding hydrogens is 346 g/mol. The first-order valence-corrected chi connectivity index (χ1v) is 9.02. The second kappa shape index (κ2) is 8.95. The Hall–Kier alpha value is -1.20. The van der Waals surface area contributed by atoms with Gasteiger partial charge in [0.15, 0.2) is 0 Å². The van der Waals surface area contributed by atoms with Crippen LogP contribution in [0.25, 0.3) is 0 Å². The molecule has 1 aromatic carbocycles. The van der Waals surface area contributed by atoms with Crippen LogP contribution >= 0.6 is 12.4 Å². The molecule has 1 saturated carbocycles. The summed E-state index contributed by atoms with van der Waals surface area (Å²) in [7, 11) is 0. The van der Waals surface area contributed by atoms with Crippen molar-refractivity contribution < 1.29 is 13.6 Å². The van der Waals surface area contributed by atoms with E-state index in [1.54, 1.807) is 0 Å². The van der Waals surface area contributed by atoms with Gasteiger partial charge in [0.2, 0.25) is 5.91 Å². The minimum absolute atomic E-state index is 0. The van der Waals surface area contributed by atoms with Crippen LogP contribution in [0.5, 0.6) is 0 Å². The molecule has 1 N–H and O–H groups in total. The minimum atomic E-state index is -0.458. The molecule has 140 valence electrons. The molecule has 1 aliphatic heterocycles. The molecule has 1 amide bonds. The second-order valence-electron chi connectivity index (χ2n) is 7.22. The number of piperidine rings is 1. The van der Waals surface area contributed by atoms with E-state index in [1.165, 1.54) is 6.07 Å². The van der Waals surface area contributed by atoms with Gasteiger partial charge in [-0.3, -0.25) is 4.79 Å². The lowest BCUT2D eigenvalue weighted by Gasteiger charge is -2.35. The van der Waals surface area contributed by atoms with Crippen LogP contribution in [0, 0.1) is 17.6 Å². The van der Waals surface area contributed by atoms with Gasteiger partial charge in [0, 0.05) is 30.1 Å². The number of carbonyl (C=O) groups excluding carboxylic acids is 1. The average Bonchev–Trinajstić information content (AvgIpc) is 3.09. The van der Waals surface area contributed by atoms with Crippen molar-refractivity contribution >= 4 is 18.3 Å². The maximum atomic E-state index is 14.1. The van der Waals surface area contributed by atoms with Gasteiger partial charge in [0.25, 0.3) is 0 Å². The molecule has 1 heterocycles. The van der Waals surface area contributed by atoms with Gasteiger partial charge >= 0.3 is 0 Å². The zero-order valence-corrected chi connectivity index (χ0v) is 15.5. The van der Waals surface area contributed by atoms with E-state index in [4.69, 9.17) is 0 Å². The van der Waals surface area contributed by atoms with Gasteiger partial charge in [-0.25, -0.2) is 8.78 Å². The van der Waals surface area contributed by atoms with E-state index in [0.717, 1.165) is 57.2 Å². The summed E-state index contributed by atoms with van der Waals surface area (Å²) in [6.07, 6.45) is 5.75. The van der Waals surface area contributed by atoms with Gasteiger partial charge in [-0.1, -0.05) is 12.8 Å². The summed E-state index contributed by atoms with van der Waals surface area (Å²) in [6, 6.07) is 3.97. The van der Waals surface area contributed by atoms with Crippen molar-refractivity contribution in [3.63, 3.8) is 0 Å². The Labute approximate surface area is 154 Å². The van der Waals surface area contributed by atoms with Crippen molar-refractivity contribution in [2.75, 3.05) is 6.54 Å². The fourth-order valence-electron chi connectivity index (χ4n) is 4.04. The highest BCUT2D eigenvalue weighted by atomic mass is 35.5. The summed E-state index contributed by atoms with van der Waals surface area (Å²) < 4.78 is 27.6. The van der Waals surface area contributed by atoms with Crippen molar-refractivity contribution in [3.8, 4) is 0 Å². The first-order valence-electron chi connectivity index (χ1n) is 9.02. The van der Waals surface area contributed by atoms with Crippen molar-refractivity contribution in [3.05, 3.63) is 35.4 Å². The summed E-state index contributed by atoms with van der Waals surface area (Å²) in [5.41, 5.74) is 0.275. The summed E-state index contributed by atoms with van der Waals surface area (Å²) in [6.45, 7) is 3.10. The lowest BCUT2D eigenvalue weighted by Crippen LogP contribution is -2.47. The van der Waals surface area contributed by atoms with Crippen LogP contribution in [0.1, 0.15) is 51.0 Å². The number of rotatable bonds is 4. The standard InChI is InChI=1S/C19H26F2N2O.ClH/c1-13-10-14(8-9-22-13)19(24)23(17-4-2-3-5-17)12-15-11-16(20)6-7-18(15)21;/h6-7,11,13-14,17,22H,2-5,8-10,12H2,1H3;1H/t13-,14-;/m0./s1. The van der Waals surface area contributed by atoms with E-state index in [9.17, 15) is 13.6 Å². The van der Waals surface area contributed by atoms with E-state index >= 15 is 0 Å². The number of nitrogens with one attached hydrogen (secondary N) is 1. The van der Waals surface area contributed by atoms with E-state index in [1.807, 2.05) is 4.90 Å². The molecule has 0 spiro atoms. The van der Waals surface area contributed by atoms with E-state index in [0.29, 0.717) is 6.04 Å². The fraction of sp³-hybridized carbons (Fsp3) is 0.632. The van der Waals surface area contributed by atoms with E-state index < -0.39 is 11.6 Å². The first kappa shape index (κ1) is 20.1. The third-order valence-corrected chi connectivity index (χ3v) is 5.37. The van der Waals surface area contributed by atoms with Gasteiger partial charge in [0.05, 0.1) is 0 Å². The summed E-state index contributed by atoms with van der Waals surface area (Å²) in [5.74, 6) is -0.802. The van der Waals surface area contributed by atoms with Crippen LogP contribution in [0.3, 0.4) is 0 Å². The number of hydrogen-bond acceptors (Lipinski definition) is 2. The number of hydrogen-bond donors (Lipinski definition) is 1. The molecule has 0 unspecified atom stereocenters. The highest BCUT2D eigenvalue weighted by Gasteiger charge is 2.33. The van der Waals surface area contributed by atoms with Crippen molar-refractivity contribution in [1.29, 1.82) is 0 Å². The molecule has 1 aliphatic carbocycles. The van der Waals surface area contributed by atoms with Crippen LogP contribution in [0.4, 0.5) is 8.78 Å². The summed E-state index contributed by atoms with van der Waals surface area (Å²) >= 11 is 0. The van der Waals surface area contributed by atoms with Crippen molar-refractivity contribution in [2.24, 2.45) is 5.92 Å². The molecule has 0 aromatic heterocycles. The quantitative estimate of drug-likeness (QED) is 0.864. The molecule has 0 radical (unpaired) electrons. The number of nitrogens with zero attached hydrogens (tertiary/aromatic N) is 1. The van der Waals surface area contributed by atoms with E-state index in [2.05, 4.69) is 12.2 Å². The van der Waals surface area contributed by atoms with Crippen LogP contribution in [0.2, 0.25) is 0 Å². The molecule has 1 saturated heterocycles. The molecule has 25 heavy (non-hydrogen) atoms. The Morgan fingerprint density at radius 3 is 2.64 bits per heavy atom. The molecular formula is C19H27ClF2N2O. The Morgan fingerprint density at radius 1 is 1.24 bits per heavy atom. The highest BCUT2D eigenvalue weighted by molar-refractivity contribution is 5.85. The molecule has 0 bridgehead atoms. The fourth-order valence-corrected chi connectivity index (χ4v) is 4.04. The summed E-state index contributed by atoms with van der Waals surface area (Å²) in [4.78, 5) is 14.9. The topological polar surface area (TPSA) is 32.3 Å². The number of halogens is 3. The Bertz CT molecular complexity index is 593. The van der Waals surface area contributed by atoms with Crippen LogP contribution in [-0.4, -0.2) is 29.4 Å². The van der Waals surface area contributed by atoms with Gasteiger partial charge < -0.3 is 10.2 Å². The SMILES string of the molecule is C[C@H]1C[C@@H](C(=O)N(Cc2cc(F)ccc2F)C2CCCC2)CCN1.Cl. The lowest BCUT2D eigenvalue weighted by molar-refractivity contribution is -0.139. The molecule has 1 aromatic rings. The average molecular weight is 373 g/mol. The maximum Gasteiger partial charge on any atom is 0.226 e. The Kier molecular flexibility index (Phi) is 7.20. The van der Waals surface area contributed by atoms with Crippen molar-refractivity contribution in [1.82, 2.24) is 10.2 Å². The van der Waals surface area contributed by atoms with Gasteiger partial charge in [-0.05, 0) is 57.4 Å². The lowest BCUT2D eigenvalue weighted by atomic mass is 9.91. The largest absolute Gasteiger partial charge is 0.335 e. The number of amides is 1. The maximum absolute atomic E-state index is 14.1. The van der Waals surface area contributed by atoms with Gasteiger partial charge in [0.1, 0.15) is 11.6 Å². The summed E-state index contributed by atoms with van der Waals surface area (Å²) in [5, 5.41) is 3.36. The van der Waals surface area contributed by atoms with Crippen LogP contribution in [0.15, 0.2) is 18.2 Å². The highest BCUT2D eigenvalue weighted by Crippen LogP contribution is 2.29. The van der Waals surface area contributed by atoms with Gasteiger partial charge in [-0.15, -0.1) is 12.4 Å². The number of benzene rings is 1. The molecule has 2 aliphatic rings. The third kappa shape index (κ3) is 4.91. The minimum Gasteiger partial charge on any atom is -0.335 e. The molecule has 3 rings (SSSR count). The Balaban J connectivity index is 0.00000225. The number of carbonyl (C=O) groups is 1. The monoisotopic (exact) mass is 372 g/mol. The zero-order chi connectivity index (χ0) is 17.1. The molecule has 6 heteroatoms. The van der Waals surface area contributed by atoms with Crippen LogP contribution < -0.4 is 5.32 Å². The molecule has 2 atom stereocenters.